The highest BCUT2D eigenvalue weighted by Crippen LogP contribution is 2.28. The summed E-state index contributed by atoms with van der Waals surface area (Å²) in [5, 5.41) is 8.74. The summed E-state index contributed by atoms with van der Waals surface area (Å²) < 4.78 is 0.994. The van der Waals surface area contributed by atoms with Gasteiger partial charge in [0, 0.05) is 12.6 Å². The molecule has 2 fully saturated rings. The summed E-state index contributed by atoms with van der Waals surface area (Å²) in [6, 6.07) is 0.575. The van der Waals surface area contributed by atoms with Gasteiger partial charge < -0.3 is 10.0 Å². The normalized spacial score (nSPS) is 23.3. The maximum atomic E-state index is 10.6. The van der Waals surface area contributed by atoms with Gasteiger partial charge in [0.15, 0.2) is 0 Å². The third kappa shape index (κ3) is 3.83. The van der Waals surface area contributed by atoms with E-state index in [1.54, 1.807) is 11.8 Å². The molecule has 0 spiro atoms. The maximum Gasteiger partial charge on any atom is 0.304 e. The minimum absolute atomic E-state index is 0.214. The molecule has 0 unspecified atom stereocenters. The summed E-state index contributed by atoms with van der Waals surface area (Å²) in [4.78, 5) is 15.1. The van der Waals surface area contributed by atoms with E-state index in [0.29, 0.717) is 12.6 Å². The molecule has 1 N–H and O–H groups in total. The molecule has 2 rings (SSSR count). The van der Waals surface area contributed by atoms with Crippen molar-refractivity contribution in [2.24, 2.45) is 0 Å². The number of hydrogen-bond acceptors (Lipinski definition) is 4. The average molecular weight is 288 g/mol. The summed E-state index contributed by atoms with van der Waals surface area (Å²) >= 11 is 7.11. The smallest absolute Gasteiger partial charge is 0.304 e. The van der Waals surface area contributed by atoms with Crippen LogP contribution in [0.5, 0.6) is 0 Å². The zero-order valence-electron chi connectivity index (χ0n) is 10.5. The molecule has 102 valence electrons. The second kappa shape index (κ2) is 6.73. The molecule has 6 heteroatoms. The number of rotatable bonds is 4. The number of carboxylic acids is 1. The molecule has 1 heterocycles. The largest absolute Gasteiger partial charge is 0.481 e. The molecule has 0 amide bonds. The van der Waals surface area contributed by atoms with Crippen LogP contribution in [0.3, 0.4) is 0 Å². The fraction of sp³-hybridized carbons (Fsp3) is 0.833. The molecule has 18 heavy (non-hydrogen) atoms. The van der Waals surface area contributed by atoms with Crippen LogP contribution in [0.25, 0.3) is 0 Å². The van der Waals surface area contributed by atoms with Gasteiger partial charge in [-0.2, -0.15) is 0 Å². The van der Waals surface area contributed by atoms with E-state index in [4.69, 9.17) is 17.3 Å². The fourth-order valence-electron chi connectivity index (χ4n) is 2.59. The van der Waals surface area contributed by atoms with Crippen LogP contribution < -0.4 is 0 Å². The number of carboxylic acid groups (broad SMARTS) is 1. The Morgan fingerprint density at radius 2 is 2.11 bits per heavy atom. The van der Waals surface area contributed by atoms with Crippen molar-refractivity contribution in [2.75, 3.05) is 19.1 Å². The predicted molar refractivity (Wildman–Crippen MR) is 77.6 cm³/mol. The molecule has 0 radical (unpaired) electrons. The Labute approximate surface area is 118 Å². The first kappa shape index (κ1) is 14.1. The number of thioether (sulfide) groups is 1. The molecular formula is C12H20N2O2S2. The topological polar surface area (TPSA) is 43.8 Å². The summed E-state index contributed by atoms with van der Waals surface area (Å²) in [6.45, 7) is 1.43. The van der Waals surface area contributed by atoms with Gasteiger partial charge in [-0.25, -0.2) is 0 Å². The highest BCUT2D eigenvalue weighted by molar-refractivity contribution is 8.22. The van der Waals surface area contributed by atoms with Crippen molar-refractivity contribution in [3.63, 3.8) is 0 Å². The van der Waals surface area contributed by atoms with Crippen molar-refractivity contribution < 1.29 is 9.90 Å². The minimum atomic E-state index is -0.725. The fourth-order valence-corrected chi connectivity index (χ4v) is 3.83. The Kier molecular flexibility index (Phi) is 5.26. The number of hydrogen-bond donors (Lipinski definition) is 1. The van der Waals surface area contributed by atoms with Crippen LogP contribution in [-0.2, 0) is 4.79 Å². The third-order valence-electron chi connectivity index (χ3n) is 3.61. The van der Waals surface area contributed by atoms with Crippen LogP contribution in [0.4, 0.5) is 0 Å². The molecular weight excluding hydrogens is 268 g/mol. The van der Waals surface area contributed by atoms with Crippen molar-refractivity contribution in [1.29, 1.82) is 0 Å². The van der Waals surface area contributed by atoms with E-state index in [1.807, 2.05) is 0 Å². The van der Waals surface area contributed by atoms with E-state index in [2.05, 4.69) is 9.80 Å². The van der Waals surface area contributed by atoms with Crippen LogP contribution in [0.15, 0.2) is 0 Å². The lowest BCUT2D eigenvalue weighted by Gasteiger charge is -2.42. The zero-order valence-corrected chi connectivity index (χ0v) is 12.1. The van der Waals surface area contributed by atoms with Crippen molar-refractivity contribution in [1.82, 2.24) is 9.80 Å². The first-order valence-corrected chi connectivity index (χ1v) is 7.94. The van der Waals surface area contributed by atoms with E-state index >= 15 is 0 Å². The number of nitrogens with zero attached hydrogens (tertiary/aromatic N) is 2. The highest BCUT2D eigenvalue weighted by Gasteiger charge is 2.28. The van der Waals surface area contributed by atoms with Crippen molar-refractivity contribution in [2.45, 2.75) is 44.6 Å². The number of aliphatic carboxylic acids is 1. The molecule has 4 nitrogen and oxygen atoms in total. The van der Waals surface area contributed by atoms with E-state index in [0.717, 1.165) is 16.9 Å². The van der Waals surface area contributed by atoms with Crippen molar-refractivity contribution in [3.8, 4) is 0 Å². The molecule has 0 aromatic rings. The first-order valence-electron chi connectivity index (χ1n) is 6.54. The van der Waals surface area contributed by atoms with Gasteiger partial charge in [-0.3, -0.25) is 9.69 Å². The van der Waals surface area contributed by atoms with Crippen LogP contribution >= 0.6 is 24.0 Å². The van der Waals surface area contributed by atoms with Gasteiger partial charge in [0.1, 0.15) is 4.32 Å². The Morgan fingerprint density at radius 3 is 2.78 bits per heavy atom. The second-order valence-corrected chi connectivity index (χ2v) is 6.56. The average Bonchev–Trinajstić information content (AvgIpc) is 2.38. The van der Waals surface area contributed by atoms with E-state index in [9.17, 15) is 4.79 Å². The molecule has 0 aromatic carbocycles. The Hall–Kier alpha value is -0.330. The SMILES string of the molecule is O=C(O)CCN1CSC(=S)N(C2CCCCC2)C1. The zero-order chi connectivity index (χ0) is 13.0. The van der Waals surface area contributed by atoms with Crippen molar-refractivity contribution >= 4 is 34.3 Å². The lowest BCUT2D eigenvalue weighted by molar-refractivity contribution is -0.137. The predicted octanol–water partition coefficient (Wildman–Crippen LogP) is 2.34. The quantitative estimate of drug-likeness (QED) is 0.801. The summed E-state index contributed by atoms with van der Waals surface area (Å²) in [5.74, 6) is 0.104. The third-order valence-corrected chi connectivity index (χ3v) is 5.18. The molecule has 2 aliphatic rings. The van der Waals surface area contributed by atoms with Gasteiger partial charge in [0.05, 0.1) is 19.0 Å². The van der Waals surface area contributed by atoms with Crippen LogP contribution in [0.1, 0.15) is 38.5 Å². The summed E-state index contributed by atoms with van der Waals surface area (Å²) in [6.07, 6.45) is 6.60. The minimum Gasteiger partial charge on any atom is -0.481 e. The standard InChI is InChI=1S/C12H20N2O2S2/c15-11(16)6-7-13-8-14(12(17)18-9-13)10-4-2-1-3-5-10/h10H,1-9H2,(H,15,16). The summed E-state index contributed by atoms with van der Waals surface area (Å²) in [5.41, 5.74) is 0. The molecule has 1 saturated heterocycles. The van der Waals surface area contributed by atoms with Crippen LogP contribution in [0.2, 0.25) is 0 Å². The Balaban J connectivity index is 1.87. The summed E-state index contributed by atoms with van der Waals surface area (Å²) in [7, 11) is 0. The molecule has 1 saturated carbocycles. The van der Waals surface area contributed by atoms with E-state index < -0.39 is 5.97 Å². The maximum absolute atomic E-state index is 10.6. The Bertz CT molecular complexity index is 319. The molecule has 0 atom stereocenters. The number of thiocarbonyl (C=S) groups is 1. The van der Waals surface area contributed by atoms with E-state index in [1.165, 1.54) is 32.1 Å². The van der Waals surface area contributed by atoms with E-state index in [-0.39, 0.29) is 6.42 Å². The van der Waals surface area contributed by atoms with Gasteiger partial charge in [0.25, 0.3) is 0 Å². The highest BCUT2D eigenvalue weighted by atomic mass is 32.2. The van der Waals surface area contributed by atoms with Gasteiger partial charge in [-0.15, -0.1) is 0 Å². The lowest BCUT2D eigenvalue weighted by Crippen LogP contribution is -2.50. The van der Waals surface area contributed by atoms with Gasteiger partial charge in [-0.05, 0) is 12.8 Å². The second-order valence-electron chi connectivity index (χ2n) is 4.98. The number of carbonyl (C=O) groups is 1. The molecule has 1 aliphatic heterocycles. The first-order chi connectivity index (χ1) is 8.66. The van der Waals surface area contributed by atoms with Crippen LogP contribution in [-0.4, -0.2) is 50.3 Å². The van der Waals surface area contributed by atoms with Gasteiger partial charge in [0.2, 0.25) is 0 Å². The molecule has 1 aliphatic carbocycles. The molecule has 0 bridgehead atoms. The van der Waals surface area contributed by atoms with Crippen molar-refractivity contribution in [3.05, 3.63) is 0 Å². The molecule has 0 aromatic heterocycles. The lowest BCUT2D eigenvalue weighted by atomic mass is 9.95. The van der Waals surface area contributed by atoms with Crippen LogP contribution in [0, 0.1) is 0 Å². The van der Waals surface area contributed by atoms with Gasteiger partial charge >= 0.3 is 5.97 Å². The Morgan fingerprint density at radius 1 is 1.39 bits per heavy atom. The van der Waals surface area contributed by atoms with Gasteiger partial charge in [-0.1, -0.05) is 43.2 Å². The monoisotopic (exact) mass is 288 g/mol.